The molecule has 0 amide bonds. The van der Waals surface area contributed by atoms with Gasteiger partial charge in [0.15, 0.2) is 0 Å². The summed E-state index contributed by atoms with van der Waals surface area (Å²) < 4.78 is 0. The van der Waals surface area contributed by atoms with Crippen molar-refractivity contribution in [1.82, 2.24) is 0 Å². The van der Waals surface area contributed by atoms with E-state index in [9.17, 15) is 0 Å². The minimum atomic E-state index is -0.247. The van der Waals surface area contributed by atoms with E-state index < -0.39 is 0 Å². The molecule has 1 nitrogen and oxygen atoms in total. The van der Waals surface area contributed by atoms with E-state index in [2.05, 4.69) is 94.4 Å². The third-order valence-electron chi connectivity index (χ3n) is 6.45. The van der Waals surface area contributed by atoms with Crippen molar-refractivity contribution in [3.05, 3.63) is 94.6 Å². The van der Waals surface area contributed by atoms with Crippen molar-refractivity contribution in [3.63, 3.8) is 0 Å². The molecule has 3 rings (SSSR count). The molecule has 0 heterocycles. The van der Waals surface area contributed by atoms with Crippen molar-refractivity contribution in [2.45, 2.75) is 70.8 Å². The molecule has 0 spiro atoms. The van der Waals surface area contributed by atoms with Crippen molar-refractivity contribution in [2.24, 2.45) is 5.73 Å². The Bertz CT molecular complexity index is 827. The van der Waals surface area contributed by atoms with E-state index >= 15 is 0 Å². The van der Waals surface area contributed by atoms with Crippen molar-refractivity contribution in [3.8, 4) is 0 Å². The summed E-state index contributed by atoms with van der Waals surface area (Å²) in [5, 5.41) is 0. The van der Waals surface area contributed by atoms with Crippen LogP contribution in [0.1, 0.15) is 76.3 Å². The lowest BCUT2D eigenvalue weighted by Crippen LogP contribution is -2.38. The van der Waals surface area contributed by atoms with Crippen LogP contribution in [0.5, 0.6) is 0 Å². The molecule has 0 saturated heterocycles. The van der Waals surface area contributed by atoms with E-state index in [4.69, 9.17) is 5.73 Å². The third-order valence-corrected chi connectivity index (χ3v) is 6.45. The summed E-state index contributed by atoms with van der Waals surface area (Å²) in [6.45, 7) is 9.08. The smallest absolute Gasteiger partial charge is 0.0378 e. The standard InChI is InChI=1S/C27H35N/c1-5-27(4,28)26-17-16-24(18-20(2)22-12-8-6-9-13-22)25(26)19-21(3)23-14-10-7-11-15-23/h6-15,17,20-21H,5,16,18-19,28H2,1-4H3. The second-order valence-corrected chi connectivity index (χ2v) is 8.71. The number of hydrogen-bond donors (Lipinski definition) is 1. The summed E-state index contributed by atoms with van der Waals surface area (Å²) in [5.41, 5.74) is 13.8. The van der Waals surface area contributed by atoms with Crippen LogP contribution in [0, 0.1) is 0 Å². The number of hydrogen-bond acceptors (Lipinski definition) is 1. The molecule has 0 saturated carbocycles. The van der Waals surface area contributed by atoms with Gasteiger partial charge < -0.3 is 5.73 Å². The van der Waals surface area contributed by atoms with E-state index in [1.165, 1.54) is 22.3 Å². The first-order chi connectivity index (χ1) is 13.4. The Kier molecular flexibility index (Phi) is 6.57. The van der Waals surface area contributed by atoms with Gasteiger partial charge in [0.25, 0.3) is 0 Å². The van der Waals surface area contributed by atoms with Crippen LogP contribution in [0.2, 0.25) is 0 Å². The summed E-state index contributed by atoms with van der Waals surface area (Å²) in [6.07, 6.45) is 6.60. The first-order valence-corrected chi connectivity index (χ1v) is 10.7. The Hall–Kier alpha value is -2.12. The highest BCUT2D eigenvalue weighted by Gasteiger charge is 2.31. The molecule has 1 heteroatoms. The summed E-state index contributed by atoms with van der Waals surface area (Å²) >= 11 is 0. The molecule has 2 N–H and O–H groups in total. The Balaban J connectivity index is 1.88. The minimum absolute atomic E-state index is 0.247. The molecule has 3 unspecified atom stereocenters. The van der Waals surface area contributed by atoms with Crippen LogP contribution in [0.25, 0.3) is 0 Å². The summed E-state index contributed by atoms with van der Waals surface area (Å²) in [7, 11) is 0. The minimum Gasteiger partial charge on any atom is -0.322 e. The van der Waals surface area contributed by atoms with Gasteiger partial charge in [-0.05, 0) is 66.7 Å². The van der Waals surface area contributed by atoms with Crippen LogP contribution in [0.4, 0.5) is 0 Å². The van der Waals surface area contributed by atoms with Crippen molar-refractivity contribution < 1.29 is 0 Å². The first-order valence-electron chi connectivity index (χ1n) is 10.7. The maximum atomic E-state index is 6.73. The van der Waals surface area contributed by atoms with Crippen LogP contribution >= 0.6 is 0 Å². The number of rotatable bonds is 8. The average molecular weight is 374 g/mol. The lowest BCUT2D eigenvalue weighted by molar-refractivity contribution is 0.529. The Morgan fingerprint density at radius 3 is 1.86 bits per heavy atom. The van der Waals surface area contributed by atoms with Gasteiger partial charge in [0.2, 0.25) is 0 Å². The van der Waals surface area contributed by atoms with Crippen LogP contribution in [-0.4, -0.2) is 5.54 Å². The Morgan fingerprint density at radius 2 is 1.36 bits per heavy atom. The van der Waals surface area contributed by atoms with Gasteiger partial charge in [-0.1, -0.05) is 93.1 Å². The number of allylic oxidation sites excluding steroid dienone is 2. The van der Waals surface area contributed by atoms with E-state index in [0.717, 1.165) is 25.7 Å². The molecule has 3 atom stereocenters. The lowest BCUT2D eigenvalue weighted by atomic mass is 9.80. The normalized spacial score (nSPS) is 18.5. The van der Waals surface area contributed by atoms with E-state index in [1.807, 2.05) is 0 Å². The summed E-state index contributed by atoms with van der Waals surface area (Å²) in [4.78, 5) is 0. The largest absolute Gasteiger partial charge is 0.322 e. The Labute approximate surface area is 171 Å². The van der Waals surface area contributed by atoms with E-state index in [-0.39, 0.29) is 5.54 Å². The maximum Gasteiger partial charge on any atom is 0.0378 e. The molecule has 28 heavy (non-hydrogen) atoms. The molecule has 0 aliphatic heterocycles. The average Bonchev–Trinajstić information content (AvgIpc) is 3.12. The summed E-state index contributed by atoms with van der Waals surface area (Å²) in [6, 6.07) is 21.8. The maximum absolute atomic E-state index is 6.73. The highest BCUT2D eigenvalue weighted by molar-refractivity contribution is 5.49. The van der Waals surface area contributed by atoms with Gasteiger partial charge in [-0.25, -0.2) is 0 Å². The zero-order valence-corrected chi connectivity index (χ0v) is 17.9. The van der Waals surface area contributed by atoms with Gasteiger partial charge in [-0.2, -0.15) is 0 Å². The van der Waals surface area contributed by atoms with Gasteiger partial charge >= 0.3 is 0 Å². The monoisotopic (exact) mass is 373 g/mol. The molecule has 1 aliphatic carbocycles. The second kappa shape index (κ2) is 8.92. The zero-order valence-electron chi connectivity index (χ0n) is 17.9. The fourth-order valence-corrected chi connectivity index (χ4v) is 4.37. The fraction of sp³-hybridized carbons (Fsp3) is 0.407. The molecule has 2 aromatic rings. The first kappa shape index (κ1) is 20.6. The molecule has 0 bridgehead atoms. The van der Waals surface area contributed by atoms with Gasteiger partial charge in [0, 0.05) is 5.54 Å². The van der Waals surface area contributed by atoms with Gasteiger partial charge in [-0.15, -0.1) is 0 Å². The Morgan fingerprint density at radius 1 is 0.857 bits per heavy atom. The van der Waals surface area contributed by atoms with Crippen LogP contribution in [0.3, 0.4) is 0 Å². The van der Waals surface area contributed by atoms with Crippen LogP contribution in [-0.2, 0) is 0 Å². The highest BCUT2D eigenvalue weighted by Crippen LogP contribution is 2.42. The zero-order chi connectivity index (χ0) is 20.1. The number of nitrogens with two attached hydrogens (primary N) is 1. The van der Waals surface area contributed by atoms with Gasteiger partial charge in [0.05, 0.1) is 0 Å². The van der Waals surface area contributed by atoms with Crippen LogP contribution < -0.4 is 5.73 Å². The molecule has 2 aromatic carbocycles. The van der Waals surface area contributed by atoms with Crippen molar-refractivity contribution in [2.75, 3.05) is 0 Å². The van der Waals surface area contributed by atoms with Gasteiger partial charge in [-0.3, -0.25) is 0 Å². The molecule has 148 valence electrons. The van der Waals surface area contributed by atoms with E-state index in [0.29, 0.717) is 11.8 Å². The lowest BCUT2D eigenvalue weighted by Gasteiger charge is -2.29. The topological polar surface area (TPSA) is 26.0 Å². The van der Waals surface area contributed by atoms with E-state index in [1.54, 1.807) is 5.57 Å². The molecule has 1 aliphatic rings. The summed E-state index contributed by atoms with van der Waals surface area (Å²) in [5.74, 6) is 1.02. The number of benzene rings is 2. The molecule has 0 fully saturated rings. The quantitative estimate of drug-likeness (QED) is 0.523. The SMILES string of the molecule is CCC(C)(N)C1=CCC(CC(C)c2ccccc2)=C1CC(C)c1ccccc1. The molecular formula is C27H35N. The molecule has 0 aromatic heterocycles. The third kappa shape index (κ3) is 4.64. The van der Waals surface area contributed by atoms with Gasteiger partial charge in [0.1, 0.15) is 0 Å². The van der Waals surface area contributed by atoms with Crippen molar-refractivity contribution >= 4 is 0 Å². The molecule has 0 radical (unpaired) electrons. The van der Waals surface area contributed by atoms with Crippen LogP contribution in [0.15, 0.2) is 83.5 Å². The predicted molar refractivity (Wildman–Crippen MR) is 122 cm³/mol. The second-order valence-electron chi connectivity index (χ2n) is 8.71. The van der Waals surface area contributed by atoms with Crippen molar-refractivity contribution in [1.29, 1.82) is 0 Å². The fourth-order valence-electron chi connectivity index (χ4n) is 4.37. The predicted octanol–water partition coefficient (Wildman–Crippen LogP) is 7.13. The highest BCUT2D eigenvalue weighted by atomic mass is 14.7. The molecular weight excluding hydrogens is 338 g/mol.